The lowest BCUT2D eigenvalue weighted by molar-refractivity contribution is 0.321. The standard InChI is InChI=1S/C20H31BrNO2PS/c1-2-24-25(23,15-17-8-4-3-5-9-17)13-7-12-22-20(16-26)18-10-6-11-19(21)14-18/h6-7,10-11,13-14,17,20,22,26H,2-5,8-9,12,15-16H2,1H3/b13-7+. The highest BCUT2D eigenvalue weighted by Gasteiger charge is 2.25. The van der Waals surface area contributed by atoms with Crippen molar-refractivity contribution in [1.29, 1.82) is 0 Å². The molecule has 3 nitrogen and oxygen atoms in total. The highest BCUT2D eigenvalue weighted by molar-refractivity contribution is 9.10. The topological polar surface area (TPSA) is 38.3 Å². The molecular formula is C20H31BrNO2PS. The lowest BCUT2D eigenvalue weighted by atomic mass is 9.91. The summed E-state index contributed by atoms with van der Waals surface area (Å²) in [4.78, 5) is 0. The number of benzene rings is 1. The van der Waals surface area contributed by atoms with Crippen molar-refractivity contribution >= 4 is 35.9 Å². The summed E-state index contributed by atoms with van der Waals surface area (Å²) in [7, 11) is -2.68. The molecule has 0 bridgehead atoms. The van der Waals surface area contributed by atoms with Crippen LogP contribution in [0.5, 0.6) is 0 Å². The minimum absolute atomic E-state index is 0.158. The molecule has 1 N–H and O–H groups in total. The SMILES string of the molecule is CCOP(=O)(/C=C/CNC(CS)c1cccc(Br)c1)CC1CCCCC1. The van der Waals surface area contributed by atoms with Crippen LogP contribution in [0.4, 0.5) is 0 Å². The molecule has 0 spiro atoms. The number of thiol groups is 1. The average molecular weight is 460 g/mol. The van der Waals surface area contributed by atoms with Gasteiger partial charge in [0.25, 0.3) is 0 Å². The van der Waals surface area contributed by atoms with Crippen LogP contribution in [-0.2, 0) is 9.09 Å². The summed E-state index contributed by atoms with van der Waals surface area (Å²) < 4.78 is 19.9. The molecule has 2 unspecified atom stereocenters. The molecule has 1 fully saturated rings. The molecule has 0 aliphatic heterocycles. The van der Waals surface area contributed by atoms with Gasteiger partial charge in [0.15, 0.2) is 0 Å². The van der Waals surface area contributed by atoms with Crippen molar-refractivity contribution < 1.29 is 9.09 Å². The van der Waals surface area contributed by atoms with Crippen LogP contribution in [0.3, 0.4) is 0 Å². The van der Waals surface area contributed by atoms with Gasteiger partial charge in [-0.15, -0.1) is 0 Å². The fraction of sp³-hybridized carbons (Fsp3) is 0.600. The average Bonchev–Trinajstić information content (AvgIpc) is 2.63. The van der Waals surface area contributed by atoms with E-state index in [-0.39, 0.29) is 6.04 Å². The van der Waals surface area contributed by atoms with Gasteiger partial charge in [0.1, 0.15) is 0 Å². The molecule has 0 radical (unpaired) electrons. The summed E-state index contributed by atoms with van der Waals surface area (Å²) in [5.41, 5.74) is 1.19. The van der Waals surface area contributed by atoms with Gasteiger partial charge in [-0.25, -0.2) is 0 Å². The largest absolute Gasteiger partial charge is 0.326 e. The Bertz CT molecular complexity index is 620. The van der Waals surface area contributed by atoms with E-state index >= 15 is 0 Å². The Balaban J connectivity index is 1.91. The Hall–Kier alpha value is -0.0600. The molecule has 2 atom stereocenters. The van der Waals surface area contributed by atoms with Gasteiger partial charge < -0.3 is 9.84 Å². The summed E-state index contributed by atoms with van der Waals surface area (Å²) in [6, 6.07) is 8.40. The fourth-order valence-electron chi connectivity index (χ4n) is 3.54. The lowest BCUT2D eigenvalue weighted by Crippen LogP contribution is -2.22. The van der Waals surface area contributed by atoms with Gasteiger partial charge in [-0.05, 0) is 49.2 Å². The van der Waals surface area contributed by atoms with Gasteiger partial charge in [-0.1, -0.05) is 53.4 Å². The zero-order valence-corrected chi connectivity index (χ0v) is 18.9. The Morgan fingerprint density at radius 3 is 2.81 bits per heavy atom. The van der Waals surface area contributed by atoms with Crippen LogP contribution in [0.2, 0.25) is 0 Å². The van der Waals surface area contributed by atoms with E-state index < -0.39 is 7.37 Å². The van der Waals surface area contributed by atoms with Gasteiger partial charge in [0, 0.05) is 29.0 Å². The van der Waals surface area contributed by atoms with Crippen molar-refractivity contribution in [3.8, 4) is 0 Å². The van der Waals surface area contributed by atoms with Crippen molar-refractivity contribution in [3.63, 3.8) is 0 Å². The van der Waals surface area contributed by atoms with Crippen LogP contribution in [-0.4, -0.2) is 25.1 Å². The maximum absolute atomic E-state index is 13.2. The van der Waals surface area contributed by atoms with Gasteiger partial charge in [0.2, 0.25) is 7.37 Å². The molecule has 1 aliphatic carbocycles. The van der Waals surface area contributed by atoms with Crippen molar-refractivity contribution in [1.82, 2.24) is 5.32 Å². The number of hydrogen-bond donors (Lipinski definition) is 2. The summed E-state index contributed by atoms with van der Waals surface area (Å²) in [5.74, 6) is 3.08. The lowest BCUT2D eigenvalue weighted by Gasteiger charge is -2.25. The smallest absolute Gasteiger partial charge is 0.225 e. The highest BCUT2D eigenvalue weighted by Crippen LogP contribution is 2.51. The van der Waals surface area contributed by atoms with E-state index in [1.807, 2.05) is 30.9 Å². The first-order valence-electron chi connectivity index (χ1n) is 9.57. The summed E-state index contributed by atoms with van der Waals surface area (Å²) in [6.07, 6.45) is 8.88. The predicted molar refractivity (Wildman–Crippen MR) is 119 cm³/mol. The van der Waals surface area contributed by atoms with Gasteiger partial charge in [-0.2, -0.15) is 12.6 Å². The third-order valence-corrected chi connectivity index (χ3v) is 8.08. The van der Waals surface area contributed by atoms with Crippen LogP contribution in [0, 0.1) is 5.92 Å². The fourth-order valence-corrected chi connectivity index (χ4v) is 6.56. The maximum Gasteiger partial charge on any atom is 0.225 e. The van der Waals surface area contributed by atoms with Crippen molar-refractivity contribution in [3.05, 3.63) is 46.2 Å². The van der Waals surface area contributed by atoms with E-state index in [2.05, 4.69) is 46.0 Å². The molecular weight excluding hydrogens is 429 g/mol. The van der Waals surface area contributed by atoms with Crippen molar-refractivity contribution in [2.45, 2.75) is 45.1 Å². The van der Waals surface area contributed by atoms with Gasteiger partial charge >= 0.3 is 0 Å². The van der Waals surface area contributed by atoms with E-state index in [0.29, 0.717) is 31.0 Å². The maximum atomic E-state index is 13.2. The van der Waals surface area contributed by atoms with E-state index in [4.69, 9.17) is 4.52 Å². The predicted octanol–water partition coefficient (Wildman–Crippen LogP) is 6.42. The Labute approximate surface area is 172 Å². The van der Waals surface area contributed by atoms with Gasteiger partial charge in [-0.3, -0.25) is 4.57 Å². The van der Waals surface area contributed by atoms with Crippen LogP contribution >= 0.6 is 35.9 Å². The quantitative estimate of drug-likeness (QED) is 0.313. The van der Waals surface area contributed by atoms with Crippen LogP contribution < -0.4 is 5.32 Å². The highest BCUT2D eigenvalue weighted by atomic mass is 79.9. The first-order chi connectivity index (χ1) is 12.6. The van der Waals surface area contributed by atoms with E-state index in [1.165, 1.54) is 37.7 Å². The zero-order chi connectivity index (χ0) is 18.8. The molecule has 2 rings (SSSR count). The molecule has 1 aromatic rings. The Morgan fingerprint density at radius 1 is 1.38 bits per heavy atom. The minimum Gasteiger partial charge on any atom is -0.326 e. The number of nitrogens with one attached hydrogen (secondary N) is 1. The first-order valence-corrected chi connectivity index (χ1v) is 12.9. The minimum atomic E-state index is -2.68. The Kier molecular flexibility index (Phi) is 10.0. The molecule has 146 valence electrons. The van der Waals surface area contributed by atoms with Crippen LogP contribution in [0.1, 0.15) is 50.6 Å². The van der Waals surface area contributed by atoms with E-state index in [1.54, 1.807) is 0 Å². The molecule has 1 aliphatic rings. The second kappa shape index (κ2) is 11.7. The van der Waals surface area contributed by atoms with E-state index in [0.717, 1.165) is 4.47 Å². The number of hydrogen-bond acceptors (Lipinski definition) is 4. The molecule has 6 heteroatoms. The summed E-state index contributed by atoms with van der Waals surface area (Å²) in [6.45, 7) is 3.07. The first kappa shape index (κ1) is 22.2. The summed E-state index contributed by atoms with van der Waals surface area (Å²) >= 11 is 7.97. The molecule has 0 aromatic heterocycles. The van der Waals surface area contributed by atoms with Crippen LogP contribution in [0.25, 0.3) is 0 Å². The molecule has 0 amide bonds. The van der Waals surface area contributed by atoms with Crippen LogP contribution in [0.15, 0.2) is 40.6 Å². The normalized spacial score (nSPS) is 19.5. The summed E-state index contributed by atoms with van der Waals surface area (Å²) in [5, 5.41) is 3.47. The molecule has 26 heavy (non-hydrogen) atoms. The second-order valence-corrected chi connectivity index (χ2v) is 10.6. The molecule has 1 saturated carbocycles. The number of rotatable bonds is 10. The van der Waals surface area contributed by atoms with E-state index in [9.17, 15) is 4.57 Å². The third-order valence-electron chi connectivity index (χ3n) is 4.83. The monoisotopic (exact) mass is 459 g/mol. The van der Waals surface area contributed by atoms with Crippen molar-refractivity contribution in [2.24, 2.45) is 5.92 Å². The Morgan fingerprint density at radius 2 is 2.15 bits per heavy atom. The second-order valence-electron chi connectivity index (χ2n) is 6.91. The number of halogens is 1. The molecule has 0 heterocycles. The molecule has 0 saturated heterocycles. The zero-order valence-electron chi connectivity index (χ0n) is 15.6. The molecule has 1 aromatic carbocycles. The van der Waals surface area contributed by atoms with Crippen molar-refractivity contribution in [2.75, 3.05) is 25.1 Å². The third kappa shape index (κ3) is 7.52. The van der Waals surface area contributed by atoms with Gasteiger partial charge in [0.05, 0.1) is 6.61 Å².